The van der Waals surface area contributed by atoms with Crippen LogP contribution in [0.15, 0.2) is 0 Å². The molecule has 0 fully saturated rings. The Labute approximate surface area is 84.3 Å². The Morgan fingerprint density at radius 1 is 1.15 bits per heavy atom. The summed E-state index contributed by atoms with van der Waals surface area (Å²) in [6.45, 7) is 13.9. The zero-order valence-electron chi connectivity index (χ0n) is 10.1. The average Bonchev–Trinajstić information content (AvgIpc) is 2.05. The molecule has 0 rings (SSSR count). The Kier molecular flexibility index (Phi) is 6.40. The summed E-state index contributed by atoms with van der Waals surface area (Å²) in [7, 11) is 0. The van der Waals surface area contributed by atoms with Crippen molar-refractivity contribution in [2.45, 2.75) is 53.9 Å². The number of nitrogens with one attached hydrogen (secondary N) is 1. The van der Waals surface area contributed by atoms with Crippen molar-refractivity contribution in [3.05, 3.63) is 0 Å². The van der Waals surface area contributed by atoms with Crippen molar-refractivity contribution in [1.29, 1.82) is 0 Å². The van der Waals surface area contributed by atoms with Crippen LogP contribution in [0.1, 0.15) is 53.9 Å². The maximum atomic E-state index is 3.54. The Morgan fingerprint density at radius 2 is 1.77 bits per heavy atom. The van der Waals surface area contributed by atoms with Gasteiger partial charge in [-0.1, -0.05) is 41.0 Å². The molecular formula is C12H27N. The fourth-order valence-electron chi connectivity index (χ4n) is 1.70. The summed E-state index contributed by atoms with van der Waals surface area (Å²) in [6, 6.07) is 0. The Bertz CT molecular complexity index is 120. The maximum absolute atomic E-state index is 3.54. The highest BCUT2D eigenvalue weighted by Gasteiger charge is 2.26. The van der Waals surface area contributed by atoms with Crippen LogP contribution in [-0.4, -0.2) is 13.1 Å². The first-order chi connectivity index (χ1) is 6.06. The van der Waals surface area contributed by atoms with Crippen LogP contribution in [0.3, 0.4) is 0 Å². The third-order valence-electron chi connectivity index (χ3n) is 3.17. The van der Waals surface area contributed by atoms with Crippen LogP contribution >= 0.6 is 0 Å². The van der Waals surface area contributed by atoms with Crippen LogP contribution in [0.5, 0.6) is 0 Å². The molecule has 80 valence electrons. The van der Waals surface area contributed by atoms with E-state index in [1.807, 2.05) is 0 Å². The molecule has 0 bridgehead atoms. The molecule has 0 heterocycles. The van der Waals surface area contributed by atoms with Crippen molar-refractivity contribution in [2.75, 3.05) is 13.1 Å². The summed E-state index contributed by atoms with van der Waals surface area (Å²) in [6.07, 6.45) is 3.87. The molecule has 0 spiro atoms. The summed E-state index contributed by atoms with van der Waals surface area (Å²) >= 11 is 0. The molecule has 0 aromatic heterocycles. The van der Waals surface area contributed by atoms with Gasteiger partial charge in [-0.3, -0.25) is 0 Å². The molecule has 0 aliphatic heterocycles. The Hall–Kier alpha value is -0.0400. The first-order valence-corrected chi connectivity index (χ1v) is 5.77. The lowest BCUT2D eigenvalue weighted by Crippen LogP contribution is -2.36. The quantitative estimate of drug-likeness (QED) is 0.599. The standard InChI is InChI=1S/C12H27N/c1-6-8-12(5,11(3)4)10-13-9-7-2/h11,13H,6-10H2,1-5H3. The van der Waals surface area contributed by atoms with Crippen molar-refractivity contribution in [1.82, 2.24) is 5.32 Å². The summed E-state index contributed by atoms with van der Waals surface area (Å²) < 4.78 is 0. The van der Waals surface area contributed by atoms with Crippen LogP contribution < -0.4 is 5.32 Å². The van der Waals surface area contributed by atoms with Crippen molar-refractivity contribution in [2.24, 2.45) is 11.3 Å². The largest absolute Gasteiger partial charge is 0.316 e. The van der Waals surface area contributed by atoms with Gasteiger partial charge < -0.3 is 5.32 Å². The smallest absolute Gasteiger partial charge is 0.000761 e. The summed E-state index contributed by atoms with van der Waals surface area (Å²) in [5.74, 6) is 0.775. The van der Waals surface area contributed by atoms with E-state index in [0.29, 0.717) is 5.41 Å². The highest BCUT2D eigenvalue weighted by Crippen LogP contribution is 2.31. The molecular weight excluding hydrogens is 158 g/mol. The number of rotatable bonds is 7. The van der Waals surface area contributed by atoms with E-state index < -0.39 is 0 Å². The molecule has 0 aliphatic rings. The third-order valence-corrected chi connectivity index (χ3v) is 3.17. The fourth-order valence-corrected chi connectivity index (χ4v) is 1.70. The zero-order chi connectivity index (χ0) is 10.3. The van der Waals surface area contributed by atoms with Gasteiger partial charge in [0, 0.05) is 6.54 Å². The van der Waals surface area contributed by atoms with Gasteiger partial charge in [0.15, 0.2) is 0 Å². The van der Waals surface area contributed by atoms with E-state index in [-0.39, 0.29) is 0 Å². The van der Waals surface area contributed by atoms with E-state index in [1.54, 1.807) is 0 Å². The van der Waals surface area contributed by atoms with Gasteiger partial charge in [0.05, 0.1) is 0 Å². The first-order valence-electron chi connectivity index (χ1n) is 5.77. The molecule has 1 heteroatoms. The van der Waals surface area contributed by atoms with E-state index in [9.17, 15) is 0 Å². The third kappa shape index (κ3) is 4.66. The summed E-state index contributed by atoms with van der Waals surface area (Å²) in [4.78, 5) is 0. The molecule has 0 aromatic carbocycles. The average molecular weight is 185 g/mol. The van der Waals surface area contributed by atoms with E-state index in [4.69, 9.17) is 0 Å². The van der Waals surface area contributed by atoms with Gasteiger partial charge in [0.1, 0.15) is 0 Å². The highest BCUT2D eigenvalue weighted by molar-refractivity contribution is 4.79. The molecule has 0 radical (unpaired) electrons. The van der Waals surface area contributed by atoms with Gasteiger partial charge in [-0.15, -0.1) is 0 Å². The van der Waals surface area contributed by atoms with Crippen molar-refractivity contribution < 1.29 is 0 Å². The van der Waals surface area contributed by atoms with Gasteiger partial charge in [-0.2, -0.15) is 0 Å². The van der Waals surface area contributed by atoms with Gasteiger partial charge in [-0.05, 0) is 30.7 Å². The lowest BCUT2D eigenvalue weighted by Gasteiger charge is -2.34. The minimum atomic E-state index is 0.490. The van der Waals surface area contributed by atoms with Gasteiger partial charge >= 0.3 is 0 Å². The molecule has 0 aromatic rings. The molecule has 1 atom stereocenters. The molecule has 0 saturated carbocycles. The molecule has 1 nitrogen and oxygen atoms in total. The van der Waals surface area contributed by atoms with Crippen molar-refractivity contribution >= 4 is 0 Å². The molecule has 0 amide bonds. The zero-order valence-corrected chi connectivity index (χ0v) is 10.1. The second kappa shape index (κ2) is 6.42. The second-order valence-electron chi connectivity index (χ2n) is 4.74. The van der Waals surface area contributed by atoms with Gasteiger partial charge in [0.2, 0.25) is 0 Å². The molecule has 0 aliphatic carbocycles. The van der Waals surface area contributed by atoms with Crippen LogP contribution in [0, 0.1) is 11.3 Å². The molecule has 1 unspecified atom stereocenters. The van der Waals surface area contributed by atoms with Crippen molar-refractivity contribution in [3.8, 4) is 0 Å². The summed E-state index contributed by atoms with van der Waals surface area (Å²) in [5, 5.41) is 3.54. The lowest BCUT2D eigenvalue weighted by atomic mass is 9.75. The monoisotopic (exact) mass is 185 g/mol. The number of hydrogen-bond donors (Lipinski definition) is 1. The minimum Gasteiger partial charge on any atom is -0.316 e. The van der Waals surface area contributed by atoms with E-state index >= 15 is 0 Å². The SMILES string of the molecule is CCCNCC(C)(CCC)C(C)C. The highest BCUT2D eigenvalue weighted by atomic mass is 14.9. The predicted molar refractivity (Wildman–Crippen MR) is 61.0 cm³/mol. The van der Waals surface area contributed by atoms with Gasteiger partial charge in [0.25, 0.3) is 0 Å². The first kappa shape index (κ1) is 13.0. The van der Waals surface area contributed by atoms with Crippen LogP contribution in [0.4, 0.5) is 0 Å². The van der Waals surface area contributed by atoms with E-state index in [1.165, 1.54) is 25.8 Å². The molecule has 1 N–H and O–H groups in total. The molecule has 0 saturated heterocycles. The Balaban J connectivity index is 3.92. The van der Waals surface area contributed by atoms with Crippen LogP contribution in [0.2, 0.25) is 0 Å². The predicted octanol–water partition coefficient (Wildman–Crippen LogP) is 3.45. The van der Waals surface area contributed by atoms with Crippen LogP contribution in [-0.2, 0) is 0 Å². The van der Waals surface area contributed by atoms with Crippen LogP contribution in [0.25, 0.3) is 0 Å². The topological polar surface area (TPSA) is 12.0 Å². The van der Waals surface area contributed by atoms with Gasteiger partial charge in [-0.25, -0.2) is 0 Å². The van der Waals surface area contributed by atoms with E-state index in [2.05, 4.69) is 39.9 Å². The Morgan fingerprint density at radius 3 is 2.15 bits per heavy atom. The second-order valence-corrected chi connectivity index (χ2v) is 4.74. The fraction of sp³-hybridized carbons (Fsp3) is 1.00. The number of hydrogen-bond acceptors (Lipinski definition) is 1. The lowest BCUT2D eigenvalue weighted by molar-refractivity contribution is 0.190. The van der Waals surface area contributed by atoms with Crippen molar-refractivity contribution in [3.63, 3.8) is 0 Å². The normalized spacial score (nSPS) is 16.2. The minimum absolute atomic E-state index is 0.490. The molecule has 13 heavy (non-hydrogen) atoms. The summed E-state index contributed by atoms with van der Waals surface area (Å²) in [5.41, 5.74) is 0.490. The van der Waals surface area contributed by atoms with E-state index in [0.717, 1.165) is 12.5 Å². The maximum Gasteiger partial charge on any atom is 0.000761 e.